The van der Waals surface area contributed by atoms with Gasteiger partial charge in [0.25, 0.3) is 0 Å². The third-order valence-corrected chi connectivity index (χ3v) is 3.14. The summed E-state index contributed by atoms with van der Waals surface area (Å²) < 4.78 is 0. The molecule has 1 aliphatic heterocycles. The molecule has 2 N–H and O–H groups in total. The van der Waals surface area contributed by atoms with E-state index in [2.05, 4.69) is 11.8 Å². The molecule has 0 saturated carbocycles. The van der Waals surface area contributed by atoms with Crippen LogP contribution < -0.4 is 5.73 Å². The summed E-state index contributed by atoms with van der Waals surface area (Å²) in [6, 6.07) is 0.701. The first-order chi connectivity index (χ1) is 5.38. The van der Waals surface area contributed by atoms with Gasteiger partial charge in [-0.2, -0.15) is 11.8 Å². The van der Waals surface area contributed by atoms with E-state index < -0.39 is 0 Å². The molecule has 0 bridgehead atoms. The van der Waals surface area contributed by atoms with Crippen molar-refractivity contribution in [2.75, 3.05) is 31.1 Å². The van der Waals surface area contributed by atoms with E-state index in [0.717, 1.165) is 6.54 Å². The molecular formula is C8H18N2S. The molecule has 0 aromatic rings. The van der Waals surface area contributed by atoms with Gasteiger partial charge in [0.05, 0.1) is 0 Å². The summed E-state index contributed by atoms with van der Waals surface area (Å²) in [7, 11) is 0. The van der Waals surface area contributed by atoms with Gasteiger partial charge in [0.2, 0.25) is 0 Å². The highest BCUT2D eigenvalue weighted by molar-refractivity contribution is 7.99. The van der Waals surface area contributed by atoms with E-state index in [0.29, 0.717) is 6.04 Å². The van der Waals surface area contributed by atoms with E-state index in [9.17, 15) is 0 Å². The second-order valence-electron chi connectivity index (χ2n) is 2.91. The Balaban J connectivity index is 1.98. The molecule has 1 heterocycles. The van der Waals surface area contributed by atoms with Crippen LogP contribution in [0, 0.1) is 0 Å². The van der Waals surface area contributed by atoms with E-state index in [-0.39, 0.29) is 0 Å². The van der Waals surface area contributed by atoms with E-state index in [1.807, 2.05) is 11.8 Å². The van der Waals surface area contributed by atoms with Crippen molar-refractivity contribution in [3.63, 3.8) is 0 Å². The summed E-state index contributed by atoms with van der Waals surface area (Å²) in [6.07, 6.45) is 1.31. The normalized spacial score (nSPS) is 25.1. The highest BCUT2D eigenvalue weighted by Crippen LogP contribution is 2.16. The van der Waals surface area contributed by atoms with Crippen LogP contribution in [-0.4, -0.2) is 42.1 Å². The zero-order valence-electron chi connectivity index (χ0n) is 7.25. The number of rotatable bonds is 5. The molecule has 0 aromatic carbocycles. The first-order valence-electron chi connectivity index (χ1n) is 4.40. The Bertz CT molecular complexity index is 106. The largest absolute Gasteiger partial charge is 0.329 e. The minimum Gasteiger partial charge on any atom is -0.329 e. The molecule has 0 radical (unpaired) electrons. The van der Waals surface area contributed by atoms with Crippen molar-refractivity contribution in [1.29, 1.82) is 0 Å². The molecule has 1 unspecified atom stereocenters. The van der Waals surface area contributed by atoms with Crippen molar-refractivity contribution < 1.29 is 0 Å². The average molecular weight is 174 g/mol. The number of nitrogens with zero attached hydrogens (tertiary/aromatic N) is 1. The Morgan fingerprint density at radius 1 is 1.64 bits per heavy atom. The predicted molar refractivity (Wildman–Crippen MR) is 52.0 cm³/mol. The Hall–Kier alpha value is 0.270. The van der Waals surface area contributed by atoms with Gasteiger partial charge in [-0.05, 0) is 12.2 Å². The molecule has 66 valence electrons. The first-order valence-corrected chi connectivity index (χ1v) is 5.55. The molecule has 1 aliphatic rings. The van der Waals surface area contributed by atoms with Crippen LogP contribution in [0.5, 0.6) is 0 Å². The minimum absolute atomic E-state index is 0.701. The standard InChI is InChI=1S/C8H18N2S/c1-2-11-6-5-10-4-3-8(10)7-9/h8H,2-7,9H2,1H3. The van der Waals surface area contributed by atoms with Gasteiger partial charge in [-0.15, -0.1) is 0 Å². The van der Waals surface area contributed by atoms with Crippen LogP contribution >= 0.6 is 11.8 Å². The second-order valence-corrected chi connectivity index (χ2v) is 4.30. The number of hydrogen-bond acceptors (Lipinski definition) is 3. The number of nitrogens with two attached hydrogens (primary N) is 1. The lowest BCUT2D eigenvalue weighted by Crippen LogP contribution is -2.52. The molecule has 1 saturated heterocycles. The fraction of sp³-hybridized carbons (Fsp3) is 1.00. The topological polar surface area (TPSA) is 29.3 Å². The summed E-state index contributed by atoms with van der Waals surface area (Å²) in [6.45, 7) is 5.56. The maximum atomic E-state index is 5.58. The molecule has 0 aromatic heterocycles. The molecular weight excluding hydrogens is 156 g/mol. The predicted octanol–water partition coefficient (Wildman–Crippen LogP) is 0.772. The fourth-order valence-corrected chi connectivity index (χ4v) is 2.03. The van der Waals surface area contributed by atoms with E-state index in [1.165, 1.54) is 31.0 Å². The van der Waals surface area contributed by atoms with Crippen LogP contribution in [0.3, 0.4) is 0 Å². The van der Waals surface area contributed by atoms with Crippen molar-refractivity contribution in [3.05, 3.63) is 0 Å². The first kappa shape index (κ1) is 9.36. The highest BCUT2D eigenvalue weighted by atomic mass is 32.2. The van der Waals surface area contributed by atoms with Gasteiger partial charge in [0.1, 0.15) is 0 Å². The van der Waals surface area contributed by atoms with Crippen LogP contribution in [-0.2, 0) is 0 Å². The lowest BCUT2D eigenvalue weighted by Gasteiger charge is -2.40. The van der Waals surface area contributed by atoms with Crippen LogP contribution in [0.2, 0.25) is 0 Å². The molecule has 11 heavy (non-hydrogen) atoms. The Morgan fingerprint density at radius 3 is 2.91 bits per heavy atom. The van der Waals surface area contributed by atoms with Crippen molar-refractivity contribution in [2.45, 2.75) is 19.4 Å². The van der Waals surface area contributed by atoms with Gasteiger partial charge < -0.3 is 5.73 Å². The molecule has 0 aliphatic carbocycles. The van der Waals surface area contributed by atoms with Crippen molar-refractivity contribution in [3.8, 4) is 0 Å². The Morgan fingerprint density at radius 2 is 2.45 bits per heavy atom. The summed E-state index contributed by atoms with van der Waals surface area (Å²) in [5.74, 6) is 2.51. The minimum atomic E-state index is 0.701. The van der Waals surface area contributed by atoms with Gasteiger partial charge in [0, 0.05) is 31.4 Å². The van der Waals surface area contributed by atoms with Crippen molar-refractivity contribution in [2.24, 2.45) is 5.73 Å². The van der Waals surface area contributed by atoms with Crippen LogP contribution in [0.4, 0.5) is 0 Å². The monoisotopic (exact) mass is 174 g/mol. The number of thioether (sulfide) groups is 1. The van der Waals surface area contributed by atoms with E-state index in [4.69, 9.17) is 5.73 Å². The van der Waals surface area contributed by atoms with Crippen molar-refractivity contribution >= 4 is 11.8 Å². The summed E-state index contributed by atoms with van der Waals surface area (Å²) >= 11 is 2.02. The lowest BCUT2D eigenvalue weighted by molar-refractivity contribution is 0.106. The zero-order valence-corrected chi connectivity index (χ0v) is 8.07. The molecule has 0 amide bonds. The Kier molecular flexibility index (Phi) is 4.26. The maximum absolute atomic E-state index is 5.58. The molecule has 3 heteroatoms. The van der Waals surface area contributed by atoms with E-state index in [1.54, 1.807) is 0 Å². The van der Waals surface area contributed by atoms with Crippen LogP contribution in [0.25, 0.3) is 0 Å². The SMILES string of the molecule is CCSCCN1CCC1CN. The number of hydrogen-bond donors (Lipinski definition) is 1. The zero-order chi connectivity index (χ0) is 8.10. The third kappa shape index (κ3) is 2.65. The van der Waals surface area contributed by atoms with Gasteiger partial charge in [-0.3, -0.25) is 4.90 Å². The van der Waals surface area contributed by atoms with Gasteiger partial charge in [-0.25, -0.2) is 0 Å². The summed E-state index contributed by atoms with van der Waals surface area (Å²) in [5, 5.41) is 0. The van der Waals surface area contributed by atoms with Crippen molar-refractivity contribution in [1.82, 2.24) is 4.90 Å². The second kappa shape index (κ2) is 5.01. The molecule has 2 nitrogen and oxygen atoms in total. The summed E-state index contributed by atoms with van der Waals surface area (Å²) in [4.78, 5) is 2.49. The molecule has 1 atom stereocenters. The lowest BCUT2D eigenvalue weighted by atomic mass is 10.0. The van der Waals surface area contributed by atoms with E-state index >= 15 is 0 Å². The fourth-order valence-electron chi connectivity index (χ4n) is 1.38. The van der Waals surface area contributed by atoms with Gasteiger partial charge in [0.15, 0.2) is 0 Å². The van der Waals surface area contributed by atoms with Gasteiger partial charge >= 0.3 is 0 Å². The smallest absolute Gasteiger partial charge is 0.0230 e. The van der Waals surface area contributed by atoms with Gasteiger partial charge in [-0.1, -0.05) is 6.92 Å². The highest BCUT2D eigenvalue weighted by Gasteiger charge is 2.25. The Labute approximate surface area is 73.5 Å². The van der Waals surface area contributed by atoms with Crippen LogP contribution in [0.15, 0.2) is 0 Å². The quantitative estimate of drug-likeness (QED) is 0.624. The molecule has 0 spiro atoms. The summed E-state index contributed by atoms with van der Waals surface area (Å²) in [5.41, 5.74) is 5.58. The average Bonchev–Trinajstić information content (AvgIpc) is 1.97. The number of likely N-dealkylation sites (tertiary alicyclic amines) is 1. The molecule has 1 fully saturated rings. The molecule has 1 rings (SSSR count). The third-order valence-electron chi connectivity index (χ3n) is 2.26. The maximum Gasteiger partial charge on any atom is 0.0230 e. The van der Waals surface area contributed by atoms with Crippen LogP contribution in [0.1, 0.15) is 13.3 Å².